The molecule has 4 N–H and O–H groups in total. The van der Waals surface area contributed by atoms with Crippen molar-refractivity contribution in [3.05, 3.63) is 70.8 Å². The summed E-state index contributed by atoms with van der Waals surface area (Å²) in [5, 5.41) is 17.0. The average molecular weight is 725 g/mol. The van der Waals surface area contributed by atoms with Crippen molar-refractivity contribution >= 4 is 15.8 Å². The highest BCUT2D eigenvalue weighted by Crippen LogP contribution is 2.79. The summed E-state index contributed by atoms with van der Waals surface area (Å²) in [5.74, 6) is 7.42. The van der Waals surface area contributed by atoms with Crippen molar-refractivity contribution < 1.29 is 0 Å². The lowest BCUT2D eigenvalue weighted by atomic mass is 9.55. The molecule has 2 unspecified atom stereocenters. The van der Waals surface area contributed by atoms with Crippen molar-refractivity contribution in [1.82, 2.24) is 21.3 Å². The molecule has 10 aliphatic rings. The van der Waals surface area contributed by atoms with Crippen LogP contribution in [-0.4, -0.2) is 61.1 Å². The highest BCUT2D eigenvalue weighted by Gasteiger charge is 2.62. The van der Waals surface area contributed by atoms with E-state index in [4.69, 9.17) is 0 Å². The van der Waals surface area contributed by atoms with Crippen LogP contribution in [0.4, 0.5) is 0 Å². The van der Waals surface area contributed by atoms with E-state index in [2.05, 4.69) is 83.6 Å². The summed E-state index contributed by atoms with van der Waals surface area (Å²) in [6.45, 7) is 11.6. The molecule has 276 valence electrons. The van der Waals surface area contributed by atoms with Crippen LogP contribution < -0.4 is 21.3 Å². The fourth-order valence-corrected chi connectivity index (χ4v) is 22.7. The van der Waals surface area contributed by atoms with Crippen LogP contribution in [0.3, 0.4) is 0 Å². The molecule has 12 rings (SSSR count). The van der Waals surface area contributed by atoms with Crippen LogP contribution in [0.2, 0.25) is 0 Å². The Morgan fingerprint density at radius 2 is 1.06 bits per heavy atom. The lowest BCUT2D eigenvalue weighted by Crippen LogP contribution is -2.56. The van der Waals surface area contributed by atoms with Crippen LogP contribution in [-0.2, 0) is 17.7 Å². The largest absolute Gasteiger partial charge is 0.314 e. The van der Waals surface area contributed by atoms with Gasteiger partial charge in [0.2, 0.25) is 0 Å². The van der Waals surface area contributed by atoms with Crippen LogP contribution in [0.5, 0.6) is 0 Å². The standard InChI is InChI=1S/C45H66N4P2/c1-43(2,39-6-4-3-5-7-39)40-9-8-37(38(20-40)29-50(41-27-46-10-12-48-41)42-28-47-11-13-49-42)30-51(44-21-31-14-32(22-44)16-33(15-31)23-44)45-24-34-17-35(25-45)19-36(18-34)26-45/h3-9,20,31-36,41-42,46-49H,10-19,21-30H2,1-2H3. The Morgan fingerprint density at radius 3 is 1.51 bits per heavy atom. The van der Waals surface area contributed by atoms with E-state index in [-0.39, 0.29) is 21.3 Å². The van der Waals surface area contributed by atoms with Crippen molar-refractivity contribution in [2.75, 3.05) is 39.3 Å². The number of piperazine rings is 2. The predicted octanol–water partition coefficient (Wildman–Crippen LogP) is 8.95. The smallest absolute Gasteiger partial charge is 0.0413 e. The maximum Gasteiger partial charge on any atom is 0.0413 e. The second-order valence-corrected chi connectivity index (χ2v) is 25.5. The summed E-state index contributed by atoms with van der Waals surface area (Å²) in [6.07, 6.45) is 21.7. The maximum absolute atomic E-state index is 4.05. The third-order valence-electron chi connectivity index (χ3n) is 16.1. The van der Waals surface area contributed by atoms with Gasteiger partial charge in [-0.15, -0.1) is 0 Å². The third-order valence-corrected chi connectivity index (χ3v) is 23.2. The van der Waals surface area contributed by atoms with Gasteiger partial charge in [-0.3, -0.25) is 0 Å². The summed E-state index contributed by atoms with van der Waals surface area (Å²) >= 11 is 0. The Hall–Kier alpha value is -0.860. The maximum atomic E-state index is 4.05. The topological polar surface area (TPSA) is 48.1 Å². The number of hydrogen-bond donors (Lipinski definition) is 4. The van der Waals surface area contributed by atoms with E-state index in [0.717, 1.165) is 74.8 Å². The molecule has 8 aliphatic carbocycles. The highest BCUT2D eigenvalue weighted by molar-refractivity contribution is 7.60. The number of hydrogen-bond acceptors (Lipinski definition) is 4. The van der Waals surface area contributed by atoms with Gasteiger partial charge < -0.3 is 21.3 Å². The molecule has 2 aromatic rings. The molecule has 2 aliphatic heterocycles. The van der Waals surface area contributed by atoms with Crippen molar-refractivity contribution in [3.63, 3.8) is 0 Å². The van der Waals surface area contributed by atoms with Gasteiger partial charge in [-0.2, -0.15) is 0 Å². The second-order valence-electron chi connectivity index (χ2n) is 19.9. The second kappa shape index (κ2) is 13.7. The Labute approximate surface area is 312 Å². The van der Waals surface area contributed by atoms with Gasteiger partial charge in [0, 0.05) is 56.2 Å². The van der Waals surface area contributed by atoms with Gasteiger partial charge in [0.1, 0.15) is 0 Å². The van der Waals surface area contributed by atoms with Crippen LogP contribution in [0.1, 0.15) is 113 Å². The van der Waals surface area contributed by atoms with Crippen molar-refractivity contribution in [2.45, 2.75) is 131 Å². The summed E-state index contributed by atoms with van der Waals surface area (Å²) in [4.78, 5) is 0. The van der Waals surface area contributed by atoms with Gasteiger partial charge in [0.25, 0.3) is 0 Å². The van der Waals surface area contributed by atoms with Crippen molar-refractivity contribution in [2.24, 2.45) is 35.5 Å². The fourth-order valence-electron chi connectivity index (χ4n) is 14.5. The molecular formula is C45H66N4P2. The van der Waals surface area contributed by atoms with Crippen molar-refractivity contribution in [3.8, 4) is 0 Å². The van der Waals surface area contributed by atoms with E-state index >= 15 is 0 Å². The Kier molecular flexibility index (Phi) is 9.31. The van der Waals surface area contributed by atoms with E-state index in [1.807, 2.05) is 0 Å². The van der Waals surface area contributed by atoms with Crippen LogP contribution in [0.25, 0.3) is 0 Å². The van der Waals surface area contributed by atoms with E-state index < -0.39 is 0 Å². The minimum absolute atomic E-state index is 0.0167. The molecule has 8 saturated carbocycles. The third kappa shape index (κ3) is 6.45. The first-order valence-corrected chi connectivity index (χ1v) is 24.6. The number of nitrogens with one attached hydrogen (secondary N) is 4. The van der Waals surface area contributed by atoms with Crippen LogP contribution >= 0.6 is 15.8 Å². The Balaban J connectivity index is 1.07. The molecule has 0 aromatic heterocycles. The van der Waals surface area contributed by atoms with Gasteiger partial charge in [-0.25, -0.2) is 0 Å². The molecule has 6 heteroatoms. The predicted molar refractivity (Wildman–Crippen MR) is 217 cm³/mol. The lowest BCUT2D eigenvalue weighted by Gasteiger charge is -2.67. The quantitative estimate of drug-likeness (QED) is 0.185. The van der Waals surface area contributed by atoms with Crippen LogP contribution in [0, 0.1) is 35.5 Å². The zero-order valence-corrected chi connectivity index (χ0v) is 33.6. The van der Waals surface area contributed by atoms with E-state index in [0.29, 0.717) is 21.9 Å². The first-order valence-electron chi connectivity index (χ1n) is 21.4. The minimum atomic E-state index is -0.311. The van der Waals surface area contributed by atoms with E-state index in [1.54, 1.807) is 88.2 Å². The first-order chi connectivity index (χ1) is 24.8. The number of rotatable bonds is 10. The minimum Gasteiger partial charge on any atom is -0.314 e. The fraction of sp³-hybridized carbons (Fsp3) is 0.733. The molecule has 4 nitrogen and oxygen atoms in total. The SMILES string of the molecule is CC(C)(c1ccccc1)c1ccc(CP(C23CC4CC(CC(C4)C2)C3)C23CC4CC(CC(C4)C2)C3)c(CP(C2CNCCN2)C2CNCCN2)c1. The molecule has 10 fully saturated rings. The van der Waals surface area contributed by atoms with E-state index in [9.17, 15) is 0 Å². The molecule has 2 atom stereocenters. The molecule has 2 heterocycles. The van der Waals surface area contributed by atoms with Gasteiger partial charge >= 0.3 is 0 Å². The summed E-state index contributed by atoms with van der Waals surface area (Å²) in [5.41, 5.74) is 6.44. The molecule has 2 saturated heterocycles. The van der Waals surface area contributed by atoms with Crippen molar-refractivity contribution in [1.29, 1.82) is 0 Å². The molecule has 2 aromatic carbocycles. The molecule has 51 heavy (non-hydrogen) atoms. The zero-order valence-electron chi connectivity index (χ0n) is 31.8. The van der Waals surface area contributed by atoms with Crippen LogP contribution in [0.15, 0.2) is 48.5 Å². The first kappa shape index (κ1) is 34.6. The number of benzene rings is 2. The van der Waals surface area contributed by atoms with Gasteiger partial charge in [0.05, 0.1) is 0 Å². The summed E-state index contributed by atoms with van der Waals surface area (Å²) in [7, 11) is -0.397. The average Bonchev–Trinajstić information content (AvgIpc) is 3.13. The van der Waals surface area contributed by atoms with Gasteiger partial charge in [-0.05, 0) is 157 Å². The van der Waals surface area contributed by atoms with E-state index in [1.165, 1.54) is 23.5 Å². The van der Waals surface area contributed by atoms with Gasteiger partial charge in [0.15, 0.2) is 0 Å². The van der Waals surface area contributed by atoms with Gasteiger partial charge in [-0.1, -0.05) is 78.2 Å². The monoisotopic (exact) mass is 724 g/mol. The molecule has 0 spiro atoms. The Morgan fingerprint density at radius 1 is 0.569 bits per heavy atom. The Bertz CT molecular complexity index is 1410. The molecular weight excluding hydrogens is 658 g/mol. The lowest BCUT2D eigenvalue weighted by molar-refractivity contribution is 0.0184. The molecule has 0 amide bonds. The summed E-state index contributed by atoms with van der Waals surface area (Å²) in [6, 6.07) is 19.4. The zero-order chi connectivity index (χ0) is 34.2. The normalized spacial score (nSPS) is 41.1. The molecule has 8 bridgehead atoms. The highest BCUT2D eigenvalue weighted by atomic mass is 31.1. The molecule has 0 radical (unpaired) electrons. The summed E-state index contributed by atoms with van der Waals surface area (Å²) < 4.78 is 0.